The molecule has 0 spiro atoms. The van der Waals surface area contributed by atoms with E-state index in [4.69, 9.17) is 0 Å². The Bertz CT molecular complexity index is 703. The predicted molar refractivity (Wildman–Crippen MR) is 80.6 cm³/mol. The molecule has 0 unspecified atom stereocenters. The van der Waals surface area contributed by atoms with Gasteiger partial charge in [-0.2, -0.15) is 4.31 Å². The summed E-state index contributed by atoms with van der Waals surface area (Å²) in [4.78, 5) is 21.7. The lowest BCUT2D eigenvalue weighted by molar-refractivity contribution is -0.394. The van der Waals surface area contributed by atoms with Crippen molar-refractivity contribution in [1.82, 2.24) is 9.21 Å². The molecule has 0 N–H and O–H groups in total. The summed E-state index contributed by atoms with van der Waals surface area (Å²) in [5, 5.41) is 21.8. The molecule has 0 bridgehead atoms. The van der Waals surface area contributed by atoms with Crippen LogP contribution >= 0.6 is 0 Å². The lowest BCUT2D eigenvalue weighted by atomic mass is 10.3. The van der Waals surface area contributed by atoms with E-state index in [1.54, 1.807) is 0 Å². The van der Waals surface area contributed by atoms with Gasteiger partial charge in [-0.05, 0) is 20.0 Å². The Morgan fingerprint density at radius 2 is 1.52 bits per heavy atom. The van der Waals surface area contributed by atoms with Crippen LogP contribution in [0.1, 0.15) is 6.42 Å². The Hall–Kier alpha value is -2.11. The fourth-order valence-corrected chi connectivity index (χ4v) is 3.87. The highest BCUT2D eigenvalue weighted by Gasteiger charge is 2.30. The van der Waals surface area contributed by atoms with Crippen LogP contribution in [0.2, 0.25) is 0 Å². The Kier molecular flexibility index (Phi) is 4.92. The van der Waals surface area contributed by atoms with E-state index in [0.29, 0.717) is 13.0 Å². The maximum Gasteiger partial charge on any atom is 0.277 e. The third-order valence-electron chi connectivity index (χ3n) is 3.61. The van der Waals surface area contributed by atoms with Crippen molar-refractivity contribution in [2.75, 3.05) is 33.2 Å². The first-order valence-corrected chi connectivity index (χ1v) is 8.28. The number of likely N-dealkylation sites (N-methyl/N-ethyl adjacent to an activating group) is 1. The van der Waals surface area contributed by atoms with Gasteiger partial charge in [0.25, 0.3) is 11.4 Å². The van der Waals surface area contributed by atoms with Crippen molar-refractivity contribution in [2.24, 2.45) is 0 Å². The first-order valence-electron chi connectivity index (χ1n) is 6.84. The molecule has 1 aliphatic heterocycles. The van der Waals surface area contributed by atoms with E-state index < -0.39 is 36.1 Å². The van der Waals surface area contributed by atoms with Crippen LogP contribution in [0.25, 0.3) is 0 Å². The number of nitro benzene ring substituents is 2. The van der Waals surface area contributed by atoms with Crippen molar-refractivity contribution in [2.45, 2.75) is 11.3 Å². The minimum Gasteiger partial charge on any atom is -0.305 e. The summed E-state index contributed by atoms with van der Waals surface area (Å²) in [7, 11) is -2.15. The van der Waals surface area contributed by atoms with Crippen LogP contribution in [0.5, 0.6) is 0 Å². The van der Waals surface area contributed by atoms with Crippen LogP contribution in [0.15, 0.2) is 23.1 Å². The number of non-ortho nitro benzene ring substituents is 2. The smallest absolute Gasteiger partial charge is 0.277 e. The second-order valence-corrected chi connectivity index (χ2v) is 7.20. The molecule has 10 nitrogen and oxygen atoms in total. The normalized spacial score (nSPS) is 17.6. The van der Waals surface area contributed by atoms with Gasteiger partial charge < -0.3 is 4.90 Å². The number of nitro groups is 2. The van der Waals surface area contributed by atoms with Gasteiger partial charge in [-0.25, -0.2) is 8.42 Å². The average molecular weight is 344 g/mol. The maximum absolute atomic E-state index is 12.7. The van der Waals surface area contributed by atoms with Crippen molar-refractivity contribution in [3.8, 4) is 0 Å². The Morgan fingerprint density at radius 1 is 0.957 bits per heavy atom. The van der Waals surface area contributed by atoms with Gasteiger partial charge in [-0.3, -0.25) is 20.2 Å². The van der Waals surface area contributed by atoms with Crippen molar-refractivity contribution >= 4 is 21.4 Å². The van der Waals surface area contributed by atoms with Crippen LogP contribution in [0.3, 0.4) is 0 Å². The Balaban J connectivity index is 2.46. The highest BCUT2D eigenvalue weighted by Crippen LogP contribution is 2.27. The molecule has 0 saturated carbocycles. The fourth-order valence-electron chi connectivity index (χ4n) is 2.34. The SMILES string of the molecule is CN1CCCN(S(=O)(=O)c2cc([N+](=O)[O-])cc([N+](=O)[O-])c2)CC1. The zero-order valence-electron chi connectivity index (χ0n) is 12.4. The van der Waals surface area contributed by atoms with E-state index >= 15 is 0 Å². The second-order valence-electron chi connectivity index (χ2n) is 5.26. The van der Waals surface area contributed by atoms with E-state index in [9.17, 15) is 28.6 Å². The van der Waals surface area contributed by atoms with E-state index in [0.717, 1.165) is 24.7 Å². The van der Waals surface area contributed by atoms with Crippen LogP contribution in [-0.4, -0.2) is 60.7 Å². The van der Waals surface area contributed by atoms with Gasteiger partial charge in [0.15, 0.2) is 0 Å². The summed E-state index contributed by atoms with van der Waals surface area (Å²) in [5.41, 5.74) is -1.24. The molecule has 126 valence electrons. The van der Waals surface area contributed by atoms with E-state index in [1.807, 2.05) is 11.9 Å². The number of hydrogen-bond acceptors (Lipinski definition) is 7. The summed E-state index contributed by atoms with van der Waals surface area (Å²) >= 11 is 0. The quantitative estimate of drug-likeness (QED) is 0.584. The summed E-state index contributed by atoms with van der Waals surface area (Å²) < 4.78 is 26.5. The van der Waals surface area contributed by atoms with Gasteiger partial charge in [-0.1, -0.05) is 0 Å². The van der Waals surface area contributed by atoms with Crippen LogP contribution in [0.4, 0.5) is 11.4 Å². The van der Waals surface area contributed by atoms with Gasteiger partial charge in [-0.15, -0.1) is 0 Å². The van der Waals surface area contributed by atoms with Crippen LogP contribution in [-0.2, 0) is 10.0 Å². The molecule has 0 aliphatic carbocycles. The van der Waals surface area contributed by atoms with E-state index in [1.165, 1.54) is 4.31 Å². The molecule has 1 fully saturated rings. The standard InChI is InChI=1S/C12H16N4O6S/c1-13-3-2-4-14(6-5-13)23(21,22)12-8-10(15(17)18)7-11(9-12)16(19)20/h7-9H,2-6H2,1H3. The molecule has 1 aliphatic rings. The number of benzene rings is 1. The minimum atomic E-state index is -4.02. The monoisotopic (exact) mass is 344 g/mol. The molecule has 11 heteroatoms. The third-order valence-corrected chi connectivity index (χ3v) is 5.49. The predicted octanol–water partition coefficient (Wildman–Crippen LogP) is 0.829. The number of hydrogen-bond donors (Lipinski definition) is 0. The van der Waals surface area contributed by atoms with Crippen molar-refractivity contribution in [3.05, 3.63) is 38.4 Å². The average Bonchev–Trinajstić information content (AvgIpc) is 2.71. The van der Waals surface area contributed by atoms with Gasteiger partial charge in [0.05, 0.1) is 20.8 Å². The van der Waals surface area contributed by atoms with E-state index in [2.05, 4.69) is 0 Å². The first-order chi connectivity index (χ1) is 10.7. The lowest BCUT2D eigenvalue weighted by Crippen LogP contribution is -2.34. The molecule has 1 saturated heterocycles. The number of rotatable bonds is 4. The number of sulfonamides is 1. The molecule has 0 radical (unpaired) electrons. The largest absolute Gasteiger partial charge is 0.305 e. The molecule has 0 atom stereocenters. The number of nitrogens with zero attached hydrogens (tertiary/aromatic N) is 4. The summed E-state index contributed by atoms with van der Waals surface area (Å²) in [6.45, 7) is 1.76. The second kappa shape index (κ2) is 6.56. The van der Waals surface area contributed by atoms with Crippen LogP contribution < -0.4 is 0 Å². The Morgan fingerprint density at radius 3 is 2.04 bits per heavy atom. The molecule has 23 heavy (non-hydrogen) atoms. The maximum atomic E-state index is 12.7. The van der Waals surface area contributed by atoms with Gasteiger partial charge in [0, 0.05) is 31.8 Å². The third kappa shape index (κ3) is 3.81. The summed E-state index contributed by atoms with van der Waals surface area (Å²) in [5.74, 6) is 0. The highest BCUT2D eigenvalue weighted by atomic mass is 32.2. The fraction of sp³-hybridized carbons (Fsp3) is 0.500. The van der Waals surface area contributed by atoms with Crippen LogP contribution in [0, 0.1) is 20.2 Å². The summed E-state index contributed by atoms with van der Waals surface area (Å²) in [6.07, 6.45) is 0.618. The minimum absolute atomic E-state index is 0.231. The molecule has 1 heterocycles. The molecule has 0 aromatic heterocycles. The molecular weight excluding hydrogens is 328 g/mol. The van der Waals surface area contributed by atoms with Crippen molar-refractivity contribution < 1.29 is 18.3 Å². The topological polar surface area (TPSA) is 127 Å². The van der Waals surface area contributed by atoms with Gasteiger partial charge in [0.2, 0.25) is 10.0 Å². The van der Waals surface area contributed by atoms with Gasteiger partial charge >= 0.3 is 0 Å². The summed E-state index contributed by atoms with van der Waals surface area (Å²) in [6, 6.07) is 2.46. The molecular formula is C12H16N4O6S. The highest BCUT2D eigenvalue weighted by molar-refractivity contribution is 7.89. The molecule has 2 rings (SSSR count). The zero-order valence-corrected chi connectivity index (χ0v) is 13.2. The Labute approximate surface area is 132 Å². The lowest BCUT2D eigenvalue weighted by Gasteiger charge is -2.20. The molecule has 1 aromatic rings. The first kappa shape index (κ1) is 17.2. The van der Waals surface area contributed by atoms with E-state index in [-0.39, 0.29) is 13.1 Å². The molecule has 0 amide bonds. The van der Waals surface area contributed by atoms with Gasteiger partial charge in [0.1, 0.15) is 0 Å². The van der Waals surface area contributed by atoms with Crippen molar-refractivity contribution in [1.29, 1.82) is 0 Å². The van der Waals surface area contributed by atoms with Crippen molar-refractivity contribution in [3.63, 3.8) is 0 Å². The molecule has 1 aromatic carbocycles. The zero-order chi connectivity index (χ0) is 17.2.